The summed E-state index contributed by atoms with van der Waals surface area (Å²) in [5.41, 5.74) is 4.54. The topological polar surface area (TPSA) is 32.3 Å². The fourth-order valence-corrected chi connectivity index (χ4v) is 4.97. The van der Waals surface area contributed by atoms with E-state index in [4.69, 9.17) is 4.98 Å². The Morgan fingerprint density at radius 1 is 0.900 bits per heavy atom. The van der Waals surface area contributed by atoms with Crippen molar-refractivity contribution < 1.29 is 0 Å². The number of benzene rings is 1. The number of fused-ring (bicyclic) bond motifs is 1. The van der Waals surface area contributed by atoms with E-state index in [-0.39, 0.29) is 10.8 Å². The molecule has 2 aromatic rings. The molecule has 1 fully saturated rings. The smallest absolute Gasteiger partial charge is 0.161 e. The van der Waals surface area contributed by atoms with Crippen molar-refractivity contribution in [3.05, 3.63) is 41.6 Å². The Kier molecular flexibility index (Phi) is 5.89. The molecule has 1 aliphatic carbocycles. The first-order valence-corrected chi connectivity index (χ1v) is 11.8. The zero-order chi connectivity index (χ0) is 21.4. The maximum Gasteiger partial charge on any atom is 0.161 e. The number of unbranched alkanes of at least 4 members (excludes halogenated alkanes) is 1. The number of nitrogens with zero attached hydrogens (tertiary/aromatic N) is 4. The van der Waals surface area contributed by atoms with Gasteiger partial charge in [0.2, 0.25) is 0 Å². The molecule has 0 amide bonds. The molecule has 1 saturated heterocycles. The summed E-state index contributed by atoms with van der Waals surface area (Å²) in [6.45, 7) is 17.3. The molecule has 1 aromatic carbocycles. The molecule has 0 unspecified atom stereocenters. The van der Waals surface area contributed by atoms with Gasteiger partial charge < -0.3 is 4.90 Å². The molecule has 4 rings (SSSR count). The number of piperazine rings is 1. The lowest BCUT2D eigenvalue weighted by molar-refractivity contribution is 0.253. The van der Waals surface area contributed by atoms with E-state index < -0.39 is 0 Å². The van der Waals surface area contributed by atoms with Gasteiger partial charge in [0, 0.05) is 37.9 Å². The van der Waals surface area contributed by atoms with Crippen LogP contribution in [-0.2, 0) is 10.8 Å². The average Bonchev–Trinajstić information content (AvgIpc) is 2.76. The predicted molar refractivity (Wildman–Crippen MR) is 126 cm³/mol. The Bertz CT molecular complexity index is 878. The summed E-state index contributed by atoms with van der Waals surface area (Å²) in [4.78, 5) is 14.6. The van der Waals surface area contributed by atoms with Crippen LogP contribution >= 0.6 is 0 Å². The lowest BCUT2D eigenvalue weighted by atomic mass is 9.63. The van der Waals surface area contributed by atoms with Gasteiger partial charge in [-0.2, -0.15) is 0 Å². The molecule has 4 heteroatoms. The van der Waals surface area contributed by atoms with Crippen LogP contribution in [0.3, 0.4) is 0 Å². The highest BCUT2D eigenvalue weighted by molar-refractivity contribution is 5.61. The number of aromatic nitrogens is 2. The average molecular weight is 407 g/mol. The molecule has 162 valence electrons. The summed E-state index contributed by atoms with van der Waals surface area (Å²) in [5, 5.41) is 0. The second kappa shape index (κ2) is 8.30. The van der Waals surface area contributed by atoms with E-state index >= 15 is 0 Å². The van der Waals surface area contributed by atoms with Gasteiger partial charge in [0.25, 0.3) is 0 Å². The van der Waals surface area contributed by atoms with Crippen LogP contribution in [0.1, 0.15) is 71.4 Å². The summed E-state index contributed by atoms with van der Waals surface area (Å²) in [5.74, 6) is 1.91. The van der Waals surface area contributed by atoms with Crippen LogP contribution in [0.15, 0.2) is 30.5 Å². The first-order chi connectivity index (χ1) is 14.3. The summed E-state index contributed by atoms with van der Waals surface area (Å²) >= 11 is 0. The number of anilines is 1. The van der Waals surface area contributed by atoms with E-state index in [1.54, 1.807) is 0 Å². The van der Waals surface area contributed by atoms with Gasteiger partial charge in [-0.1, -0.05) is 53.2 Å². The molecule has 0 N–H and O–H groups in total. The minimum atomic E-state index is 0.202. The lowest BCUT2D eigenvalue weighted by Crippen LogP contribution is -2.46. The first-order valence-electron chi connectivity index (χ1n) is 11.8. The van der Waals surface area contributed by atoms with Gasteiger partial charge in [0.05, 0.1) is 0 Å². The number of hydrogen-bond acceptors (Lipinski definition) is 4. The quantitative estimate of drug-likeness (QED) is 0.664. The van der Waals surface area contributed by atoms with E-state index in [1.165, 1.54) is 43.4 Å². The molecule has 0 saturated carbocycles. The molecule has 0 atom stereocenters. The number of rotatable bonds is 5. The zero-order valence-corrected chi connectivity index (χ0v) is 19.5. The van der Waals surface area contributed by atoms with Gasteiger partial charge in [-0.25, -0.2) is 9.97 Å². The second-order valence-electron chi connectivity index (χ2n) is 10.4. The molecular formula is C26H38N4. The third-order valence-corrected chi connectivity index (χ3v) is 7.28. The first kappa shape index (κ1) is 21.3. The maximum absolute atomic E-state index is 4.98. The molecule has 30 heavy (non-hydrogen) atoms. The molecular weight excluding hydrogens is 368 g/mol. The van der Waals surface area contributed by atoms with Gasteiger partial charge in [0.15, 0.2) is 5.82 Å². The van der Waals surface area contributed by atoms with Crippen LogP contribution in [0.2, 0.25) is 0 Å². The van der Waals surface area contributed by atoms with Crippen molar-refractivity contribution in [2.45, 2.75) is 71.1 Å². The normalized spacial score (nSPS) is 20.8. The van der Waals surface area contributed by atoms with E-state index in [0.29, 0.717) is 0 Å². The third kappa shape index (κ3) is 4.25. The van der Waals surface area contributed by atoms with Gasteiger partial charge in [-0.05, 0) is 59.9 Å². The van der Waals surface area contributed by atoms with E-state index in [1.807, 2.05) is 6.20 Å². The highest BCUT2D eigenvalue weighted by Crippen LogP contribution is 2.46. The van der Waals surface area contributed by atoms with Crippen molar-refractivity contribution in [3.63, 3.8) is 0 Å². The van der Waals surface area contributed by atoms with Crippen molar-refractivity contribution in [2.24, 2.45) is 0 Å². The summed E-state index contributed by atoms with van der Waals surface area (Å²) < 4.78 is 0. The lowest BCUT2D eigenvalue weighted by Gasteiger charge is -2.42. The van der Waals surface area contributed by atoms with E-state index in [0.717, 1.165) is 43.4 Å². The van der Waals surface area contributed by atoms with E-state index in [9.17, 15) is 0 Å². The molecule has 1 aliphatic heterocycles. The molecule has 2 heterocycles. The fraction of sp³-hybridized carbons (Fsp3) is 0.615. The summed E-state index contributed by atoms with van der Waals surface area (Å²) in [6.07, 6.45) is 6.95. The van der Waals surface area contributed by atoms with Crippen molar-refractivity contribution in [3.8, 4) is 11.4 Å². The van der Waals surface area contributed by atoms with Crippen molar-refractivity contribution in [2.75, 3.05) is 37.6 Å². The molecule has 0 bridgehead atoms. The minimum Gasteiger partial charge on any atom is -0.354 e. The SMILES string of the molecule is CCCCN1CCN(c2ccnc(-c3ccc4c(c3)C(C)(C)CCC4(C)C)n2)CC1. The van der Waals surface area contributed by atoms with Crippen LogP contribution < -0.4 is 4.90 Å². The summed E-state index contributed by atoms with van der Waals surface area (Å²) in [6, 6.07) is 8.98. The maximum atomic E-state index is 4.98. The Morgan fingerprint density at radius 2 is 1.60 bits per heavy atom. The van der Waals surface area contributed by atoms with Crippen molar-refractivity contribution >= 4 is 5.82 Å². The second-order valence-corrected chi connectivity index (χ2v) is 10.4. The van der Waals surface area contributed by atoms with Crippen LogP contribution in [0.4, 0.5) is 5.82 Å². The molecule has 2 aliphatic rings. The van der Waals surface area contributed by atoms with Gasteiger partial charge in [-0.15, -0.1) is 0 Å². The number of hydrogen-bond donors (Lipinski definition) is 0. The zero-order valence-electron chi connectivity index (χ0n) is 19.5. The summed E-state index contributed by atoms with van der Waals surface area (Å²) in [7, 11) is 0. The Hall–Kier alpha value is -1.94. The molecule has 1 aromatic heterocycles. The van der Waals surface area contributed by atoms with Gasteiger partial charge in [-0.3, -0.25) is 4.90 Å². The predicted octanol–water partition coefficient (Wildman–Crippen LogP) is 5.41. The van der Waals surface area contributed by atoms with Crippen LogP contribution in [0.5, 0.6) is 0 Å². The molecule has 4 nitrogen and oxygen atoms in total. The van der Waals surface area contributed by atoms with Crippen molar-refractivity contribution in [1.29, 1.82) is 0 Å². The van der Waals surface area contributed by atoms with Crippen LogP contribution in [0, 0.1) is 0 Å². The van der Waals surface area contributed by atoms with Gasteiger partial charge in [0.1, 0.15) is 5.82 Å². The molecule has 0 spiro atoms. The van der Waals surface area contributed by atoms with Gasteiger partial charge >= 0.3 is 0 Å². The van der Waals surface area contributed by atoms with E-state index in [2.05, 4.69) is 73.7 Å². The Balaban J connectivity index is 1.57. The highest BCUT2D eigenvalue weighted by Gasteiger charge is 2.37. The van der Waals surface area contributed by atoms with Crippen LogP contribution in [-0.4, -0.2) is 47.6 Å². The van der Waals surface area contributed by atoms with Crippen LogP contribution in [0.25, 0.3) is 11.4 Å². The Labute approximate surface area is 182 Å². The minimum absolute atomic E-state index is 0.202. The standard InChI is InChI=1S/C26H38N4/c1-6-7-14-29-15-17-30(18-16-29)23-10-13-27-24(28-23)20-8-9-21-22(19-20)26(4,5)12-11-25(21,2)3/h8-10,13,19H,6-7,11-12,14-18H2,1-5H3. The monoisotopic (exact) mass is 406 g/mol. The molecule has 0 radical (unpaired) electrons. The van der Waals surface area contributed by atoms with Crippen molar-refractivity contribution in [1.82, 2.24) is 14.9 Å². The Morgan fingerprint density at radius 3 is 2.30 bits per heavy atom. The highest BCUT2D eigenvalue weighted by atomic mass is 15.3. The fourth-order valence-electron chi connectivity index (χ4n) is 4.97. The third-order valence-electron chi connectivity index (χ3n) is 7.28. The largest absolute Gasteiger partial charge is 0.354 e.